The van der Waals surface area contributed by atoms with Crippen LogP contribution in [0.15, 0.2) is 41.3 Å². The van der Waals surface area contributed by atoms with E-state index in [-0.39, 0.29) is 21.7 Å². The van der Waals surface area contributed by atoms with Gasteiger partial charge in [-0.3, -0.25) is 4.79 Å². The fraction of sp³-hybridized carbons (Fsp3) is 0.273. The molecule has 0 aliphatic heterocycles. The molecule has 9 heteroatoms. The predicted octanol–water partition coefficient (Wildman–Crippen LogP) is 5.85. The van der Waals surface area contributed by atoms with Gasteiger partial charge in [0.15, 0.2) is 0 Å². The Balaban J connectivity index is 2.03. The number of halogens is 4. The summed E-state index contributed by atoms with van der Waals surface area (Å²) in [5.41, 5.74) is -0.0222. The number of rotatable bonds is 5. The number of carbonyl (C=O) groups excluding carboxylic acids is 1. The first-order valence-electron chi connectivity index (χ1n) is 9.61. The molecule has 3 aromatic rings. The summed E-state index contributed by atoms with van der Waals surface area (Å²) in [4.78, 5) is 29.1. The number of pyridine rings is 1. The van der Waals surface area contributed by atoms with E-state index in [0.717, 1.165) is 12.1 Å². The van der Waals surface area contributed by atoms with Gasteiger partial charge in [-0.15, -0.1) is 0 Å². The molecule has 0 aliphatic rings. The molecule has 1 atom stereocenters. The van der Waals surface area contributed by atoms with Gasteiger partial charge in [0.1, 0.15) is 17.5 Å². The van der Waals surface area contributed by atoms with Crippen LogP contribution in [0.25, 0.3) is 10.8 Å². The molecule has 3 rings (SSSR count). The molecule has 2 N–H and O–H groups in total. The van der Waals surface area contributed by atoms with Crippen molar-refractivity contribution in [3.63, 3.8) is 0 Å². The average Bonchev–Trinajstić information content (AvgIpc) is 2.68. The fourth-order valence-corrected chi connectivity index (χ4v) is 3.60. The summed E-state index contributed by atoms with van der Waals surface area (Å²) in [5.74, 6) is -2.36. The van der Waals surface area contributed by atoms with Gasteiger partial charge in [0.2, 0.25) is 0 Å². The number of fused-ring (bicyclic) bond motifs is 1. The van der Waals surface area contributed by atoms with Crippen LogP contribution in [0.5, 0.6) is 0 Å². The molecule has 5 nitrogen and oxygen atoms in total. The van der Waals surface area contributed by atoms with Crippen molar-refractivity contribution in [2.75, 3.05) is 11.9 Å². The lowest BCUT2D eigenvalue weighted by molar-refractivity contribution is 0.184. The summed E-state index contributed by atoms with van der Waals surface area (Å²) in [7, 11) is 0. The number of urea groups is 1. The minimum atomic E-state index is -0.980. The number of amides is 2. The smallest absolute Gasteiger partial charge is 0.322 e. The first-order chi connectivity index (χ1) is 14.6. The second-order valence-corrected chi connectivity index (χ2v) is 8.07. The molecule has 0 saturated carbocycles. The molecule has 0 fully saturated rings. The van der Waals surface area contributed by atoms with Crippen LogP contribution < -0.4 is 10.9 Å². The summed E-state index contributed by atoms with van der Waals surface area (Å²) in [6, 6.07) is 4.34. The Hall–Kier alpha value is -3.00. The van der Waals surface area contributed by atoms with Gasteiger partial charge in [-0.2, -0.15) is 0 Å². The number of H-pyrrole nitrogens is 1. The van der Waals surface area contributed by atoms with Gasteiger partial charge >= 0.3 is 6.03 Å². The number of hydrogen-bond acceptors (Lipinski definition) is 2. The highest BCUT2D eigenvalue weighted by molar-refractivity contribution is 6.31. The summed E-state index contributed by atoms with van der Waals surface area (Å²) in [6.45, 7) is 5.81. The molecule has 0 spiro atoms. The molecule has 31 heavy (non-hydrogen) atoms. The minimum absolute atomic E-state index is 0.0625. The highest BCUT2D eigenvalue weighted by Gasteiger charge is 2.25. The molecule has 0 bridgehead atoms. The van der Waals surface area contributed by atoms with E-state index >= 15 is 0 Å². The van der Waals surface area contributed by atoms with Crippen LogP contribution in [-0.4, -0.2) is 22.5 Å². The van der Waals surface area contributed by atoms with Crippen molar-refractivity contribution in [1.29, 1.82) is 0 Å². The zero-order chi connectivity index (χ0) is 22.9. The normalized spacial score (nSPS) is 12.3. The standard InChI is InChI=1S/C22H21ClF3N3O2/c1-11(2)10-29(22(31)28-14-4-5-18(25)17(23)8-14)12(3)16-9-27-21(30)20-15(16)6-13(24)7-19(20)26/h4-9,11-12H,10H2,1-3H3,(H,27,30)(H,28,31)/t12-/m1/s1. The van der Waals surface area contributed by atoms with Crippen LogP contribution in [-0.2, 0) is 0 Å². The van der Waals surface area contributed by atoms with E-state index in [4.69, 9.17) is 11.6 Å². The number of nitrogens with zero attached hydrogens (tertiary/aromatic N) is 1. The Kier molecular flexibility index (Phi) is 6.59. The summed E-state index contributed by atoms with van der Waals surface area (Å²) in [5, 5.41) is 2.33. The monoisotopic (exact) mass is 451 g/mol. The number of anilines is 1. The fourth-order valence-electron chi connectivity index (χ4n) is 3.42. The lowest BCUT2D eigenvalue weighted by Crippen LogP contribution is -2.39. The van der Waals surface area contributed by atoms with E-state index < -0.39 is 35.1 Å². The molecule has 1 heterocycles. The Bertz CT molecular complexity index is 1200. The van der Waals surface area contributed by atoms with E-state index in [0.29, 0.717) is 23.9 Å². The molecule has 1 aromatic heterocycles. The third kappa shape index (κ3) is 4.85. The van der Waals surface area contributed by atoms with E-state index in [1.165, 1.54) is 23.2 Å². The Morgan fingerprint density at radius 3 is 2.48 bits per heavy atom. The lowest BCUT2D eigenvalue weighted by Gasteiger charge is -2.31. The van der Waals surface area contributed by atoms with Gasteiger partial charge in [-0.25, -0.2) is 18.0 Å². The van der Waals surface area contributed by atoms with Crippen LogP contribution in [0.1, 0.15) is 32.4 Å². The van der Waals surface area contributed by atoms with E-state index in [1.807, 2.05) is 13.8 Å². The van der Waals surface area contributed by atoms with Crippen molar-refractivity contribution in [2.45, 2.75) is 26.8 Å². The van der Waals surface area contributed by atoms with Crippen molar-refractivity contribution in [3.05, 3.63) is 74.9 Å². The molecule has 0 radical (unpaired) electrons. The molecule has 164 valence electrons. The molecule has 2 aromatic carbocycles. The van der Waals surface area contributed by atoms with Gasteiger partial charge < -0.3 is 15.2 Å². The Morgan fingerprint density at radius 2 is 1.84 bits per heavy atom. The van der Waals surface area contributed by atoms with E-state index in [1.54, 1.807) is 6.92 Å². The number of carbonyl (C=O) groups is 1. The van der Waals surface area contributed by atoms with Crippen LogP contribution in [0.3, 0.4) is 0 Å². The summed E-state index contributed by atoms with van der Waals surface area (Å²) >= 11 is 5.78. The van der Waals surface area contributed by atoms with Gasteiger partial charge in [0, 0.05) is 24.5 Å². The van der Waals surface area contributed by atoms with Crippen molar-refractivity contribution in [1.82, 2.24) is 9.88 Å². The maximum absolute atomic E-state index is 14.3. The maximum atomic E-state index is 14.3. The quantitative estimate of drug-likeness (QED) is 0.511. The number of nitrogens with one attached hydrogen (secondary N) is 2. The summed E-state index contributed by atoms with van der Waals surface area (Å²) < 4.78 is 41.6. The predicted molar refractivity (Wildman–Crippen MR) is 115 cm³/mol. The number of benzene rings is 2. The van der Waals surface area contributed by atoms with Crippen LogP contribution in [0, 0.1) is 23.4 Å². The second-order valence-electron chi connectivity index (χ2n) is 7.66. The zero-order valence-electron chi connectivity index (χ0n) is 17.1. The molecular weight excluding hydrogens is 431 g/mol. The first kappa shape index (κ1) is 22.7. The molecule has 0 unspecified atom stereocenters. The van der Waals surface area contributed by atoms with Gasteiger partial charge in [0.25, 0.3) is 5.56 Å². The first-order valence-corrected chi connectivity index (χ1v) is 9.99. The van der Waals surface area contributed by atoms with Crippen LogP contribution in [0.4, 0.5) is 23.7 Å². The molecule has 0 saturated heterocycles. The van der Waals surface area contributed by atoms with Gasteiger partial charge in [-0.05, 0) is 48.1 Å². The van der Waals surface area contributed by atoms with E-state index in [2.05, 4.69) is 10.3 Å². The number of aromatic nitrogens is 1. The highest BCUT2D eigenvalue weighted by Crippen LogP contribution is 2.29. The minimum Gasteiger partial charge on any atom is -0.328 e. The van der Waals surface area contributed by atoms with Crippen molar-refractivity contribution < 1.29 is 18.0 Å². The molecule has 0 aliphatic carbocycles. The molecule has 2 amide bonds. The Labute approximate surface area is 181 Å². The van der Waals surface area contributed by atoms with Crippen molar-refractivity contribution in [2.24, 2.45) is 5.92 Å². The average molecular weight is 452 g/mol. The van der Waals surface area contributed by atoms with Crippen LogP contribution >= 0.6 is 11.6 Å². The zero-order valence-corrected chi connectivity index (χ0v) is 17.9. The van der Waals surface area contributed by atoms with Crippen LogP contribution in [0.2, 0.25) is 5.02 Å². The van der Waals surface area contributed by atoms with Gasteiger partial charge in [-0.1, -0.05) is 25.4 Å². The molecular formula is C22H21ClF3N3O2. The Morgan fingerprint density at radius 1 is 1.13 bits per heavy atom. The van der Waals surface area contributed by atoms with Crippen molar-refractivity contribution >= 4 is 34.1 Å². The largest absolute Gasteiger partial charge is 0.328 e. The van der Waals surface area contributed by atoms with E-state index in [9.17, 15) is 22.8 Å². The summed E-state index contributed by atoms with van der Waals surface area (Å²) in [6.07, 6.45) is 1.35. The number of hydrogen-bond donors (Lipinski definition) is 2. The lowest BCUT2D eigenvalue weighted by atomic mass is 10.00. The third-order valence-corrected chi connectivity index (χ3v) is 5.15. The second kappa shape index (κ2) is 9.01. The number of aromatic amines is 1. The maximum Gasteiger partial charge on any atom is 0.322 e. The van der Waals surface area contributed by atoms with Gasteiger partial charge in [0.05, 0.1) is 16.5 Å². The highest BCUT2D eigenvalue weighted by atomic mass is 35.5. The SMILES string of the molecule is CC(C)CN(C(=O)Nc1ccc(F)c(Cl)c1)[C@H](C)c1c[nH]c(=O)c2c(F)cc(F)cc12. The van der Waals surface area contributed by atoms with Crippen molar-refractivity contribution in [3.8, 4) is 0 Å². The third-order valence-electron chi connectivity index (χ3n) is 4.86. The topological polar surface area (TPSA) is 65.2 Å².